The normalized spacial score (nSPS) is 12.6. The van der Waals surface area contributed by atoms with E-state index in [9.17, 15) is 4.39 Å². The monoisotopic (exact) mass is 232 g/mol. The van der Waals surface area contributed by atoms with E-state index in [0.29, 0.717) is 18.2 Å². The number of nitrogens with zero attached hydrogens (tertiary/aromatic N) is 1. The molecular formula is C14H17FN2. The maximum absolute atomic E-state index is 13.5. The predicted octanol–water partition coefficient (Wildman–Crippen LogP) is 2.96. The summed E-state index contributed by atoms with van der Waals surface area (Å²) in [5.74, 6) is -0.149. The number of aromatic nitrogens is 1. The quantitative estimate of drug-likeness (QED) is 0.857. The van der Waals surface area contributed by atoms with E-state index in [4.69, 9.17) is 0 Å². The highest BCUT2D eigenvalue weighted by Gasteiger charge is 2.06. The highest BCUT2D eigenvalue weighted by atomic mass is 19.1. The van der Waals surface area contributed by atoms with Gasteiger partial charge in [0, 0.05) is 30.5 Å². The first kappa shape index (κ1) is 11.9. The molecule has 0 spiro atoms. The van der Waals surface area contributed by atoms with Crippen LogP contribution in [0.3, 0.4) is 0 Å². The van der Waals surface area contributed by atoms with Gasteiger partial charge < -0.3 is 9.88 Å². The van der Waals surface area contributed by atoms with E-state index >= 15 is 0 Å². The third kappa shape index (κ3) is 2.74. The minimum absolute atomic E-state index is 0.149. The summed E-state index contributed by atoms with van der Waals surface area (Å²) in [6, 6.07) is 9.26. The predicted molar refractivity (Wildman–Crippen MR) is 67.4 cm³/mol. The third-order valence-corrected chi connectivity index (χ3v) is 3.02. The Hall–Kier alpha value is -1.61. The molecule has 90 valence electrons. The molecule has 0 amide bonds. The molecule has 1 aromatic heterocycles. The van der Waals surface area contributed by atoms with Crippen LogP contribution in [0.15, 0.2) is 42.7 Å². The Balaban J connectivity index is 2.14. The lowest BCUT2D eigenvalue weighted by molar-refractivity contribution is 0.598. The van der Waals surface area contributed by atoms with Crippen LogP contribution >= 0.6 is 0 Å². The van der Waals surface area contributed by atoms with Crippen LogP contribution in [0, 0.1) is 5.82 Å². The van der Waals surface area contributed by atoms with Gasteiger partial charge in [0.05, 0.1) is 0 Å². The van der Waals surface area contributed by atoms with Crippen molar-refractivity contribution >= 4 is 0 Å². The Morgan fingerprint density at radius 1 is 1.29 bits per heavy atom. The summed E-state index contributed by atoms with van der Waals surface area (Å²) in [7, 11) is 1.93. The van der Waals surface area contributed by atoms with Crippen molar-refractivity contribution < 1.29 is 4.39 Å². The van der Waals surface area contributed by atoms with Crippen LogP contribution in [-0.2, 0) is 6.54 Å². The molecule has 0 bridgehead atoms. The zero-order valence-electron chi connectivity index (χ0n) is 10.2. The molecule has 1 atom stereocenters. The molecule has 3 heteroatoms. The second kappa shape index (κ2) is 5.15. The zero-order chi connectivity index (χ0) is 12.3. The van der Waals surface area contributed by atoms with Crippen molar-refractivity contribution in [3.63, 3.8) is 0 Å². The SMILES string of the molecule is CNC(C)c1ccn(Cc2ccccc2F)c1. The summed E-state index contributed by atoms with van der Waals surface area (Å²) in [6.45, 7) is 2.67. The molecule has 0 fully saturated rings. The highest BCUT2D eigenvalue weighted by molar-refractivity contribution is 5.20. The average molecular weight is 232 g/mol. The van der Waals surface area contributed by atoms with Crippen molar-refractivity contribution in [1.29, 1.82) is 0 Å². The van der Waals surface area contributed by atoms with Crippen LogP contribution in [0.1, 0.15) is 24.1 Å². The molecule has 0 saturated heterocycles. The number of hydrogen-bond acceptors (Lipinski definition) is 1. The van der Waals surface area contributed by atoms with Gasteiger partial charge in [-0.15, -0.1) is 0 Å². The molecule has 0 aliphatic carbocycles. The molecule has 0 saturated carbocycles. The second-order valence-corrected chi connectivity index (χ2v) is 4.22. The Morgan fingerprint density at radius 2 is 2.06 bits per heavy atom. The lowest BCUT2D eigenvalue weighted by Gasteiger charge is -2.07. The average Bonchev–Trinajstić information content (AvgIpc) is 2.80. The summed E-state index contributed by atoms with van der Waals surface area (Å²) in [4.78, 5) is 0. The Labute approximate surface area is 101 Å². The fraction of sp³-hybridized carbons (Fsp3) is 0.286. The molecule has 17 heavy (non-hydrogen) atoms. The van der Waals surface area contributed by atoms with Crippen molar-refractivity contribution in [3.05, 3.63) is 59.7 Å². The summed E-state index contributed by atoms with van der Waals surface area (Å²) in [5.41, 5.74) is 1.93. The van der Waals surface area contributed by atoms with E-state index in [-0.39, 0.29) is 5.82 Å². The van der Waals surface area contributed by atoms with Gasteiger partial charge in [0.25, 0.3) is 0 Å². The lowest BCUT2D eigenvalue weighted by atomic mass is 10.2. The maximum atomic E-state index is 13.5. The number of hydrogen-bond donors (Lipinski definition) is 1. The fourth-order valence-corrected chi connectivity index (χ4v) is 1.80. The van der Waals surface area contributed by atoms with Gasteiger partial charge in [-0.2, -0.15) is 0 Å². The molecule has 2 nitrogen and oxygen atoms in total. The van der Waals surface area contributed by atoms with Crippen molar-refractivity contribution in [3.8, 4) is 0 Å². The van der Waals surface area contributed by atoms with Crippen LogP contribution in [-0.4, -0.2) is 11.6 Å². The van der Waals surface area contributed by atoms with Gasteiger partial charge >= 0.3 is 0 Å². The Kier molecular flexibility index (Phi) is 3.59. The largest absolute Gasteiger partial charge is 0.349 e. The minimum atomic E-state index is -0.149. The molecule has 0 radical (unpaired) electrons. The van der Waals surface area contributed by atoms with Gasteiger partial charge in [0.1, 0.15) is 5.82 Å². The number of nitrogens with one attached hydrogen (secondary N) is 1. The summed E-state index contributed by atoms with van der Waals surface area (Å²) >= 11 is 0. The second-order valence-electron chi connectivity index (χ2n) is 4.22. The zero-order valence-corrected chi connectivity index (χ0v) is 10.2. The number of benzene rings is 1. The van der Waals surface area contributed by atoms with Crippen molar-refractivity contribution in [2.45, 2.75) is 19.5 Å². The molecule has 1 N–H and O–H groups in total. The summed E-state index contributed by atoms with van der Waals surface area (Å²) in [5, 5.41) is 3.18. The highest BCUT2D eigenvalue weighted by Crippen LogP contribution is 2.14. The van der Waals surface area contributed by atoms with E-state index in [1.54, 1.807) is 6.07 Å². The van der Waals surface area contributed by atoms with Crippen LogP contribution in [0.5, 0.6) is 0 Å². The van der Waals surface area contributed by atoms with Gasteiger partial charge in [0.2, 0.25) is 0 Å². The van der Waals surface area contributed by atoms with E-state index in [1.165, 1.54) is 11.6 Å². The van der Waals surface area contributed by atoms with E-state index in [0.717, 1.165) is 0 Å². The molecule has 1 aromatic carbocycles. The van der Waals surface area contributed by atoms with Crippen molar-refractivity contribution in [1.82, 2.24) is 9.88 Å². The first-order chi connectivity index (χ1) is 8.20. The number of halogens is 1. The molecule has 0 aliphatic heterocycles. The van der Waals surface area contributed by atoms with Crippen LogP contribution in [0.2, 0.25) is 0 Å². The van der Waals surface area contributed by atoms with E-state index < -0.39 is 0 Å². The van der Waals surface area contributed by atoms with Gasteiger partial charge in [0.15, 0.2) is 0 Å². The van der Waals surface area contributed by atoms with Gasteiger partial charge in [-0.1, -0.05) is 18.2 Å². The molecular weight excluding hydrogens is 215 g/mol. The molecule has 2 aromatic rings. The third-order valence-electron chi connectivity index (χ3n) is 3.02. The Bertz CT molecular complexity index is 490. The number of rotatable bonds is 4. The minimum Gasteiger partial charge on any atom is -0.349 e. The first-order valence-electron chi connectivity index (χ1n) is 5.77. The first-order valence-corrected chi connectivity index (χ1v) is 5.77. The maximum Gasteiger partial charge on any atom is 0.128 e. The van der Waals surface area contributed by atoms with Crippen molar-refractivity contribution in [2.24, 2.45) is 0 Å². The lowest BCUT2D eigenvalue weighted by Crippen LogP contribution is -2.11. The molecule has 1 unspecified atom stereocenters. The topological polar surface area (TPSA) is 17.0 Å². The van der Waals surface area contributed by atoms with Crippen LogP contribution in [0.25, 0.3) is 0 Å². The summed E-state index contributed by atoms with van der Waals surface area (Å²) < 4.78 is 15.5. The smallest absolute Gasteiger partial charge is 0.128 e. The van der Waals surface area contributed by atoms with Crippen LogP contribution < -0.4 is 5.32 Å². The standard InChI is InChI=1S/C14H17FN2/c1-11(16-2)12-7-8-17(9-12)10-13-5-3-4-6-14(13)15/h3-9,11,16H,10H2,1-2H3. The van der Waals surface area contributed by atoms with Gasteiger partial charge in [-0.05, 0) is 31.7 Å². The van der Waals surface area contributed by atoms with Gasteiger partial charge in [-0.25, -0.2) is 4.39 Å². The molecule has 1 heterocycles. The van der Waals surface area contributed by atoms with Gasteiger partial charge in [-0.3, -0.25) is 0 Å². The summed E-state index contributed by atoms with van der Waals surface area (Å²) in [6.07, 6.45) is 4.03. The van der Waals surface area contributed by atoms with Crippen LogP contribution in [0.4, 0.5) is 4.39 Å². The fourth-order valence-electron chi connectivity index (χ4n) is 1.80. The van der Waals surface area contributed by atoms with E-state index in [2.05, 4.69) is 18.3 Å². The molecule has 0 aliphatic rings. The Morgan fingerprint density at radius 3 is 2.76 bits per heavy atom. The molecule has 2 rings (SSSR count). The van der Waals surface area contributed by atoms with Crippen molar-refractivity contribution in [2.75, 3.05) is 7.05 Å². The van der Waals surface area contributed by atoms with E-state index in [1.807, 2.05) is 36.1 Å².